The molecule has 106 valence electrons. The lowest BCUT2D eigenvalue weighted by atomic mass is 10.1. The van der Waals surface area contributed by atoms with Crippen molar-refractivity contribution in [1.82, 2.24) is 10.3 Å². The van der Waals surface area contributed by atoms with Crippen LogP contribution in [-0.2, 0) is 9.84 Å². The summed E-state index contributed by atoms with van der Waals surface area (Å²) in [7, 11) is -2.89. The van der Waals surface area contributed by atoms with Crippen molar-refractivity contribution < 1.29 is 13.2 Å². The lowest BCUT2D eigenvalue weighted by Crippen LogP contribution is -2.30. The van der Waals surface area contributed by atoms with E-state index in [0.29, 0.717) is 18.7 Å². The van der Waals surface area contributed by atoms with E-state index in [1.165, 1.54) is 0 Å². The van der Waals surface area contributed by atoms with Crippen molar-refractivity contribution in [2.24, 2.45) is 5.92 Å². The van der Waals surface area contributed by atoms with Crippen LogP contribution in [0.3, 0.4) is 0 Å². The highest BCUT2D eigenvalue weighted by Crippen LogP contribution is 2.18. The first-order chi connectivity index (χ1) is 9.53. The van der Waals surface area contributed by atoms with E-state index in [2.05, 4.69) is 10.3 Å². The van der Waals surface area contributed by atoms with E-state index in [1.807, 2.05) is 24.3 Å². The Bertz CT molecular complexity index is 716. The van der Waals surface area contributed by atoms with Gasteiger partial charge in [0.05, 0.1) is 11.5 Å². The molecular weight excluding hydrogens is 276 g/mol. The van der Waals surface area contributed by atoms with Crippen LogP contribution in [0.25, 0.3) is 10.9 Å². The predicted molar refractivity (Wildman–Crippen MR) is 77.4 cm³/mol. The molecule has 1 atom stereocenters. The summed E-state index contributed by atoms with van der Waals surface area (Å²) in [5.74, 6) is 0.263. The average Bonchev–Trinajstić information content (AvgIpc) is 2.99. The maximum atomic E-state index is 12.0. The number of benzene rings is 1. The fourth-order valence-electron chi connectivity index (χ4n) is 2.56. The highest BCUT2D eigenvalue weighted by Gasteiger charge is 2.28. The first-order valence-corrected chi connectivity index (χ1v) is 8.42. The average molecular weight is 292 g/mol. The third kappa shape index (κ3) is 2.70. The molecule has 6 heteroatoms. The van der Waals surface area contributed by atoms with E-state index >= 15 is 0 Å². The Morgan fingerprint density at radius 2 is 2.15 bits per heavy atom. The van der Waals surface area contributed by atoms with Crippen LogP contribution < -0.4 is 5.32 Å². The van der Waals surface area contributed by atoms with Gasteiger partial charge < -0.3 is 10.3 Å². The first-order valence-electron chi connectivity index (χ1n) is 6.60. The van der Waals surface area contributed by atoms with Gasteiger partial charge in [0.2, 0.25) is 0 Å². The van der Waals surface area contributed by atoms with Gasteiger partial charge in [0.25, 0.3) is 5.91 Å². The molecule has 1 aliphatic heterocycles. The number of H-pyrrole nitrogens is 1. The van der Waals surface area contributed by atoms with E-state index in [1.54, 1.807) is 6.07 Å². The van der Waals surface area contributed by atoms with Crippen LogP contribution in [0.4, 0.5) is 0 Å². The van der Waals surface area contributed by atoms with Crippen molar-refractivity contribution in [3.8, 4) is 0 Å². The molecule has 0 unspecified atom stereocenters. The van der Waals surface area contributed by atoms with Gasteiger partial charge in [-0.15, -0.1) is 0 Å². The van der Waals surface area contributed by atoms with Gasteiger partial charge in [-0.3, -0.25) is 4.79 Å². The number of sulfone groups is 1. The molecule has 0 bridgehead atoms. The summed E-state index contributed by atoms with van der Waals surface area (Å²) >= 11 is 0. The van der Waals surface area contributed by atoms with Gasteiger partial charge in [-0.2, -0.15) is 0 Å². The number of nitrogens with one attached hydrogen (secondary N) is 2. The number of hydrogen-bond donors (Lipinski definition) is 2. The number of carbonyl (C=O) groups is 1. The van der Waals surface area contributed by atoms with E-state index in [0.717, 1.165) is 10.9 Å². The number of hydrogen-bond acceptors (Lipinski definition) is 3. The molecule has 1 aromatic heterocycles. The van der Waals surface area contributed by atoms with Crippen LogP contribution in [0.15, 0.2) is 30.3 Å². The minimum absolute atomic E-state index is 0.0355. The third-order valence-corrected chi connectivity index (χ3v) is 5.49. The molecule has 0 radical (unpaired) electrons. The second-order valence-corrected chi connectivity index (χ2v) is 7.48. The molecule has 0 aliphatic carbocycles. The van der Waals surface area contributed by atoms with E-state index in [9.17, 15) is 13.2 Å². The highest BCUT2D eigenvalue weighted by atomic mass is 32.2. The van der Waals surface area contributed by atoms with Gasteiger partial charge >= 0.3 is 0 Å². The molecule has 1 aliphatic rings. The Morgan fingerprint density at radius 3 is 2.85 bits per heavy atom. The summed E-state index contributed by atoms with van der Waals surface area (Å²) in [5.41, 5.74) is 1.42. The van der Waals surface area contributed by atoms with Gasteiger partial charge in [0, 0.05) is 17.4 Å². The Hall–Kier alpha value is -1.82. The molecule has 3 rings (SSSR count). The molecule has 1 saturated heterocycles. The zero-order valence-electron chi connectivity index (χ0n) is 10.9. The molecule has 2 N–H and O–H groups in total. The smallest absolute Gasteiger partial charge is 0.267 e. The van der Waals surface area contributed by atoms with Crippen LogP contribution >= 0.6 is 0 Å². The number of aromatic amines is 1. The number of fused-ring (bicyclic) bond motifs is 1. The Kier molecular flexibility index (Phi) is 3.25. The Morgan fingerprint density at radius 1 is 1.35 bits per heavy atom. The zero-order valence-corrected chi connectivity index (χ0v) is 11.7. The largest absolute Gasteiger partial charge is 0.351 e. The minimum Gasteiger partial charge on any atom is -0.351 e. The summed E-state index contributed by atoms with van der Waals surface area (Å²) in [5, 5.41) is 3.79. The van der Waals surface area contributed by atoms with Crippen LogP contribution in [0.2, 0.25) is 0 Å². The van der Waals surface area contributed by atoms with Gasteiger partial charge in [-0.1, -0.05) is 18.2 Å². The second-order valence-electron chi connectivity index (χ2n) is 5.25. The van der Waals surface area contributed by atoms with Crippen molar-refractivity contribution in [3.05, 3.63) is 36.0 Å². The van der Waals surface area contributed by atoms with Gasteiger partial charge in [-0.05, 0) is 24.5 Å². The third-order valence-electron chi connectivity index (χ3n) is 3.65. The Labute approximate surface area is 117 Å². The summed E-state index contributed by atoms with van der Waals surface area (Å²) in [6, 6.07) is 9.48. The molecule has 20 heavy (non-hydrogen) atoms. The van der Waals surface area contributed by atoms with E-state index in [4.69, 9.17) is 0 Å². The SMILES string of the molecule is O=C(NC[C@@H]1CCS(=O)(=O)C1)c1cc2ccccc2[nH]1. The predicted octanol–water partition coefficient (Wildman–Crippen LogP) is 1.33. The fraction of sp³-hybridized carbons (Fsp3) is 0.357. The number of amides is 1. The quantitative estimate of drug-likeness (QED) is 0.896. The molecule has 1 fully saturated rings. The van der Waals surface area contributed by atoms with Crippen molar-refractivity contribution in [3.63, 3.8) is 0 Å². The summed E-state index contributed by atoms with van der Waals surface area (Å²) < 4.78 is 22.7. The van der Waals surface area contributed by atoms with Gasteiger partial charge in [0.1, 0.15) is 5.69 Å². The molecule has 2 aromatic rings. The summed E-state index contributed by atoms with van der Waals surface area (Å²) in [6.07, 6.45) is 0.634. The summed E-state index contributed by atoms with van der Waals surface area (Å²) in [6.45, 7) is 0.410. The minimum atomic E-state index is -2.89. The maximum absolute atomic E-state index is 12.0. The van der Waals surface area contributed by atoms with E-state index < -0.39 is 9.84 Å². The monoisotopic (exact) mass is 292 g/mol. The molecule has 0 spiro atoms. The van der Waals surface area contributed by atoms with Crippen LogP contribution in [0.5, 0.6) is 0 Å². The Balaban J connectivity index is 1.65. The lowest BCUT2D eigenvalue weighted by molar-refractivity contribution is 0.0944. The number of carbonyl (C=O) groups excluding carboxylic acids is 1. The topological polar surface area (TPSA) is 79.0 Å². The normalized spacial score (nSPS) is 21.1. The van der Waals surface area contributed by atoms with Gasteiger partial charge in [-0.25, -0.2) is 8.42 Å². The first kappa shape index (κ1) is 13.2. The molecule has 0 saturated carbocycles. The van der Waals surface area contributed by atoms with Crippen molar-refractivity contribution in [1.29, 1.82) is 0 Å². The maximum Gasteiger partial charge on any atom is 0.267 e. The standard InChI is InChI=1S/C14H16N2O3S/c17-14(15-8-10-5-6-20(18,19)9-10)13-7-11-3-1-2-4-12(11)16-13/h1-4,7,10,16H,5-6,8-9H2,(H,15,17)/t10-/m0/s1. The number of rotatable bonds is 3. The number of para-hydroxylation sites is 1. The van der Waals surface area contributed by atoms with E-state index in [-0.39, 0.29) is 23.3 Å². The lowest BCUT2D eigenvalue weighted by Gasteiger charge is -2.08. The zero-order chi connectivity index (χ0) is 14.2. The molecule has 2 heterocycles. The summed E-state index contributed by atoms with van der Waals surface area (Å²) in [4.78, 5) is 15.1. The van der Waals surface area contributed by atoms with Crippen molar-refractivity contribution in [2.75, 3.05) is 18.1 Å². The molecule has 1 aromatic carbocycles. The molecule has 1 amide bonds. The molecule has 5 nitrogen and oxygen atoms in total. The van der Waals surface area contributed by atoms with Gasteiger partial charge in [0.15, 0.2) is 9.84 Å². The van der Waals surface area contributed by atoms with Crippen LogP contribution in [0, 0.1) is 5.92 Å². The molecular formula is C14H16N2O3S. The van der Waals surface area contributed by atoms with Crippen LogP contribution in [-0.4, -0.2) is 37.4 Å². The second kappa shape index (κ2) is 4.94. The van der Waals surface area contributed by atoms with Crippen molar-refractivity contribution >= 4 is 26.6 Å². The van der Waals surface area contributed by atoms with Crippen molar-refractivity contribution in [2.45, 2.75) is 6.42 Å². The van der Waals surface area contributed by atoms with Crippen LogP contribution in [0.1, 0.15) is 16.9 Å². The highest BCUT2D eigenvalue weighted by molar-refractivity contribution is 7.91. The fourth-order valence-corrected chi connectivity index (χ4v) is 4.42. The number of aromatic nitrogens is 1.